The van der Waals surface area contributed by atoms with E-state index < -0.39 is 34.8 Å². The lowest BCUT2D eigenvalue weighted by Gasteiger charge is -2.11. The van der Waals surface area contributed by atoms with Gasteiger partial charge >= 0.3 is 6.18 Å². The molecule has 0 atom stereocenters. The van der Waals surface area contributed by atoms with Crippen LogP contribution in [0.3, 0.4) is 0 Å². The average Bonchev–Trinajstić information content (AvgIpc) is 2.66. The molecule has 0 saturated heterocycles. The second kappa shape index (κ2) is 7.86. The van der Waals surface area contributed by atoms with Gasteiger partial charge in [0.05, 0.1) is 11.1 Å². The first-order valence-electron chi connectivity index (χ1n) is 8.29. The van der Waals surface area contributed by atoms with Crippen molar-refractivity contribution in [2.24, 2.45) is 0 Å². The van der Waals surface area contributed by atoms with Gasteiger partial charge in [-0.25, -0.2) is 8.78 Å². The Morgan fingerprint density at radius 3 is 2.31 bits per heavy atom. The number of nitrogens with zero attached hydrogens (tertiary/aromatic N) is 1. The summed E-state index contributed by atoms with van der Waals surface area (Å²) in [6, 6.07) is 10.1. The van der Waals surface area contributed by atoms with Crippen molar-refractivity contribution in [3.63, 3.8) is 0 Å². The van der Waals surface area contributed by atoms with Crippen LogP contribution in [0.4, 0.5) is 22.0 Å². The molecule has 4 nitrogen and oxygen atoms in total. The molecular weight excluding hydrogens is 395 g/mol. The Labute approximate surface area is 161 Å². The number of carbonyl (C=O) groups excluding carboxylic acids is 1. The van der Waals surface area contributed by atoms with Gasteiger partial charge in [0, 0.05) is 12.1 Å². The van der Waals surface area contributed by atoms with Crippen molar-refractivity contribution in [3.8, 4) is 11.1 Å². The molecule has 0 aliphatic heterocycles. The number of halogens is 5. The van der Waals surface area contributed by atoms with Crippen LogP contribution >= 0.6 is 0 Å². The van der Waals surface area contributed by atoms with E-state index in [0.29, 0.717) is 16.9 Å². The number of amides is 1. The molecular formula is C20H13F5N2O2. The van der Waals surface area contributed by atoms with Crippen LogP contribution in [0.15, 0.2) is 60.8 Å². The second-order valence-electron chi connectivity index (χ2n) is 6.09. The Hall–Kier alpha value is -3.49. The Morgan fingerprint density at radius 2 is 1.66 bits per heavy atom. The zero-order valence-corrected chi connectivity index (χ0v) is 14.6. The first-order valence-corrected chi connectivity index (χ1v) is 8.29. The third-order valence-corrected chi connectivity index (χ3v) is 4.15. The van der Waals surface area contributed by atoms with Gasteiger partial charge in [-0.05, 0) is 41.5 Å². The summed E-state index contributed by atoms with van der Waals surface area (Å²) < 4.78 is 66.5. The number of rotatable bonds is 4. The van der Waals surface area contributed by atoms with Crippen molar-refractivity contribution >= 4 is 5.91 Å². The number of carbonyl (C=O) groups is 1. The van der Waals surface area contributed by atoms with E-state index >= 15 is 0 Å². The summed E-state index contributed by atoms with van der Waals surface area (Å²) in [6.45, 7) is -0.165. The van der Waals surface area contributed by atoms with Crippen LogP contribution in [-0.4, -0.2) is 5.91 Å². The zero-order chi connectivity index (χ0) is 21.2. The highest BCUT2D eigenvalue weighted by Gasteiger charge is 2.34. The lowest BCUT2D eigenvalue weighted by Crippen LogP contribution is -2.35. The van der Waals surface area contributed by atoms with Crippen molar-refractivity contribution in [3.05, 3.63) is 94.5 Å². The number of pyridine rings is 1. The molecule has 0 spiro atoms. The van der Waals surface area contributed by atoms with Crippen molar-refractivity contribution in [1.29, 1.82) is 0 Å². The highest BCUT2D eigenvalue weighted by molar-refractivity contribution is 5.95. The van der Waals surface area contributed by atoms with Crippen LogP contribution in [0.2, 0.25) is 0 Å². The number of benzene rings is 2. The SMILES string of the molecule is O=C(NCc1cccc[n+]1[O-])c1cc(-c2ccc(C(F)(F)F)c(F)c2)ccc1F. The Bertz CT molecular complexity index is 1070. The summed E-state index contributed by atoms with van der Waals surface area (Å²) in [4.78, 5) is 12.3. The van der Waals surface area contributed by atoms with Gasteiger partial charge in [-0.3, -0.25) is 4.79 Å². The minimum atomic E-state index is -4.84. The molecule has 2 aromatic carbocycles. The number of nitrogens with one attached hydrogen (secondary N) is 1. The van der Waals surface area contributed by atoms with Crippen LogP contribution in [-0.2, 0) is 12.7 Å². The minimum absolute atomic E-state index is 0.0463. The zero-order valence-electron chi connectivity index (χ0n) is 14.6. The third kappa shape index (κ3) is 4.50. The Kier molecular flexibility index (Phi) is 5.49. The topological polar surface area (TPSA) is 56.0 Å². The Balaban J connectivity index is 1.85. The van der Waals surface area contributed by atoms with Gasteiger partial charge in [0.15, 0.2) is 6.20 Å². The maximum absolute atomic E-state index is 14.1. The molecule has 1 amide bonds. The number of hydrogen-bond acceptors (Lipinski definition) is 2. The van der Waals surface area contributed by atoms with Crippen LogP contribution in [0.1, 0.15) is 21.6 Å². The smallest absolute Gasteiger partial charge is 0.419 e. The fraction of sp³-hybridized carbons (Fsp3) is 0.100. The van der Waals surface area contributed by atoms with Gasteiger partial charge in [0.25, 0.3) is 5.91 Å². The van der Waals surface area contributed by atoms with Crippen molar-refractivity contribution < 1.29 is 31.5 Å². The van der Waals surface area contributed by atoms with E-state index in [1.54, 1.807) is 6.07 Å². The molecule has 0 unspecified atom stereocenters. The van der Waals surface area contributed by atoms with Gasteiger partial charge in [-0.2, -0.15) is 17.9 Å². The Morgan fingerprint density at radius 1 is 0.966 bits per heavy atom. The molecule has 1 heterocycles. The lowest BCUT2D eigenvalue weighted by atomic mass is 10.0. The third-order valence-electron chi connectivity index (χ3n) is 4.15. The molecule has 1 N–H and O–H groups in total. The molecule has 0 saturated carbocycles. The quantitative estimate of drug-likeness (QED) is 0.399. The fourth-order valence-corrected chi connectivity index (χ4v) is 2.67. The first-order chi connectivity index (χ1) is 13.7. The molecule has 150 valence electrons. The minimum Gasteiger partial charge on any atom is -0.618 e. The van der Waals surface area contributed by atoms with Gasteiger partial charge < -0.3 is 10.5 Å². The van der Waals surface area contributed by atoms with Crippen LogP contribution in [0, 0.1) is 16.8 Å². The van der Waals surface area contributed by atoms with Crippen molar-refractivity contribution in [2.45, 2.75) is 12.7 Å². The predicted molar refractivity (Wildman–Crippen MR) is 93.4 cm³/mol. The maximum atomic E-state index is 14.1. The standard InChI is InChI=1S/C20H13F5N2O2/c21-17-7-5-12(13-4-6-16(18(22)10-13)20(23,24)25)9-15(17)19(28)26-11-14-3-1-2-8-27(14)29/h1-10H,11H2,(H,26,28). The van der Waals surface area contributed by atoms with Crippen LogP contribution < -0.4 is 10.0 Å². The summed E-state index contributed by atoms with van der Waals surface area (Å²) in [5, 5.41) is 14.0. The summed E-state index contributed by atoms with van der Waals surface area (Å²) in [7, 11) is 0. The van der Waals surface area contributed by atoms with E-state index in [4.69, 9.17) is 0 Å². The lowest BCUT2D eigenvalue weighted by molar-refractivity contribution is -0.614. The highest BCUT2D eigenvalue weighted by atomic mass is 19.4. The molecule has 1 aromatic heterocycles. The van der Waals surface area contributed by atoms with Crippen molar-refractivity contribution in [1.82, 2.24) is 5.32 Å². The van der Waals surface area contributed by atoms with Gasteiger partial charge in [-0.15, -0.1) is 0 Å². The molecule has 0 aliphatic carbocycles. The molecule has 9 heteroatoms. The molecule has 0 aliphatic rings. The van der Waals surface area contributed by atoms with Gasteiger partial charge in [-0.1, -0.05) is 12.1 Å². The average molecular weight is 408 g/mol. The van der Waals surface area contributed by atoms with E-state index in [-0.39, 0.29) is 23.4 Å². The van der Waals surface area contributed by atoms with Crippen LogP contribution in [0.25, 0.3) is 11.1 Å². The predicted octanol–water partition coefficient (Wildman–Crippen LogP) is 4.21. The highest BCUT2D eigenvalue weighted by Crippen LogP contribution is 2.33. The largest absolute Gasteiger partial charge is 0.618 e. The van der Waals surface area contributed by atoms with Crippen molar-refractivity contribution in [2.75, 3.05) is 0 Å². The maximum Gasteiger partial charge on any atom is 0.419 e. The number of aromatic nitrogens is 1. The molecule has 3 aromatic rings. The van der Waals surface area contributed by atoms with E-state index in [0.717, 1.165) is 18.2 Å². The molecule has 0 bridgehead atoms. The summed E-state index contributed by atoms with van der Waals surface area (Å²) >= 11 is 0. The molecule has 3 rings (SSSR count). The molecule has 0 fully saturated rings. The molecule has 0 radical (unpaired) electrons. The second-order valence-corrected chi connectivity index (χ2v) is 6.09. The number of alkyl halides is 3. The van der Waals surface area contributed by atoms with Gasteiger partial charge in [0.2, 0.25) is 5.69 Å². The van der Waals surface area contributed by atoms with Crippen LogP contribution in [0.5, 0.6) is 0 Å². The van der Waals surface area contributed by atoms with E-state index in [9.17, 15) is 32.0 Å². The van der Waals surface area contributed by atoms with E-state index in [1.165, 1.54) is 24.4 Å². The summed E-state index contributed by atoms with van der Waals surface area (Å²) in [5.41, 5.74) is -1.39. The molecule has 29 heavy (non-hydrogen) atoms. The van der Waals surface area contributed by atoms with Gasteiger partial charge in [0.1, 0.15) is 18.2 Å². The van der Waals surface area contributed by atoms with E-state index in [1.807, 2.05) is 0 Å². The van der Waals surface area contributed by atoms with E-state index in [2.05, 4.69) is 5.32 Å². The monoisotopic (exact) mass is 408 g/mol. The first kappa shape index (κ1) is 20.2. The summed E-state index contributed by atoms with van der Waals surface area (Å²) in [6.07, 6.45) is -3.60. The fourth-order valence-electron chi connectivity index (χ4n) is 2.67. The summed E-state index contributed by atoms with van der Waals surface area (Å²) in [5.74, 6) is -3.18. The normalized spacial score (nSPS) is 11.3. The number of hydrogen-bond donors (Lipinski definition) is 1.